The molecule has 0 fully saturated rings. The zero-order chi connectivity index (χ0) is 15.6. The second-order valence-corrected chi connectivity index (χ2v) is 7.21. The SMILES string of the molecule is CCOC(=O)c1ccc2ccccc2c1C1(I)C=CC=CC1.Cl. The van der Waals surface area contributed by atoms with E-state index in [4.69, 9.17) is 4.74 Å². The van der Waals surface area contributed by atoms with Crippen LogP contribution in [0.4, 0.5) is 0 Å². The van der Waals surface area contributed by atoms with Gasteiger partial charge in [-0.05, 0) is 35.7 Å². The van der Waals surface area contributed by atoms with E-state index in [1.807, 2.05) is 43.3 Å². The van der Waals surface area contributed by atoms with Gasteiger partial charge in [0, 0.05) is 0 Å². The van der Waals surface area contributed by atoms with Crippen LogP contribution in [0.1, 0.15) is 29.3 Å². The monoisotopic (exact) mass is 440 g/mol. The Hall–Kier alpha value is -1.33. The molecule has 1 aliphatic carbocycles. The van der Waals surface area contributed by atoms with E-state index in [0.29, 0.717) is 12.2 Å². The van der Waals surface area contributed by atoms with Crippen LogP contribution in [-0.4, -0.2) is 12.6 Å². The number of esters is 1. The highest BCUT2D eigenvalue weighted by Crippen LogP contribution is 2.44. The smallest absolute Gasteiger partial charge is 0.338 e. The Bertz CT molecular complexity index is 782. The van der Waals surface area contributed by atoms with Crippen LogP contribution in [0.2, 0.25) is 0 Å². The normalized spacial score (nSPS) is 19.4. The molecular formula is C19H18ClIO2. The van der Waals surface area contributed by atoms with Crippen LogP contribution < -0.4 is 0 Å². The summed E-state index contributed by atoms with van der Waals surface area (Å²) in [6.07, 6.45) is 9.27. The predicted octanol–water partition coefficient (Wildman–Crippen LogP) is 5.58. The van der Waals surface area contributed by atoms with Gasteiger partial charge in [-0.15, -0.1) is 12.4 Å². The zero-order valence-corrected chi connectivity index (χ0v) is 15.8. The van der Waals surface area contributed by atoms with Gasteiger partial charge in [-0.2, -0.15) is 0 Å². The number of benzene rings is 2. The maximum absolute atomic E-state index is 12.4. The summed E-state index contributed by atoms with van der Waals surface area (Å²) in [5, 5.41) is 2.26. The summed E-state index contributed by atoms with van der Waals surface area (Å²) in [7, 11) is 0. The molecule has 0 aliphatic heterocycles. The maximum Gasteiger partial charge on any atom is 0.338 e. The first-order valence-electron chi connectivity index (χ1n) is 7.38. The predicted molar refractivity (Wildman–Crippen MR) is 106 cm³/mol. The van der Waals surface area contributed by atoms with Crippen molar-refractivity contribution in [1.82, 2.24) is 0 Å². The quantitative estimate of drug-likeness (QED) is 0.353. The fraction of sp³-hybridized carbons (Fsp3) is 0.211. The standard InChI is InChI=1S/C19H17IO2.ClH/c1-2-22-18(21)16-11-10-14-8-4-5-9-15(14)17(16)19(20)12-6-3-7-13-19;/h3-12H,2,13H2,1H3;1H. The molecule has 0 amide bonds. The fourth-order valence-corrected chi connectivity index (χ4v) is 3.92. The zero-order valence-electron chi connectivity index (χ0n) is 12.8. The van der Waals surface area contributed by atoms with E-state index in [-0.39, 0.29) is 21.8 Å². The van der Waals surface area contributed by atoms with E-state index in [2.05, 4.69) is 46.9 Å². The minimum absolute atomic E-state index is 0. The van der Waals surface area contributed by atoms with Crippen LogP contribution in [-0.2, 0) is 8.16 Å². The van der Waals surface area contributed by atoms with Gasteiger partial charge in [0.2, 0.25) is 0 Å². The number of halogens is 2. The van der Waals surface area contributed by atoms with E-state index in [1.165, 1.54) is 0 Å². The molecule has 0 bridgehead atoms. The van der Waals surface area contributed by atoms with Crippen LogP contribution >= 0.6 is 35.0 Å². The molecule has 0 radical (unpaired) electrons. The van der Waals surface area contributed by atoms with Crippen molar-refractivity contribution >= 4 is 51.7 Å². The van der Waals surface area contributed by atoms with Gasteiger partial charge in [-0.1, -0.05) is 77.2 Å². The summed E-state index contributed by atoms with van der Waals surface area (Å²) in [6, 6.07) is 12.1. The summed E-state index contributed by atoms with van der Waals surface area (Å²) in [6.45, 7) is 2.22. The highest BCUT2D eigenvalue weighted by atomic mass is 127. The third kappa shape index (κ3) is 3.45. The molecule has 2 aromatic rings. The lowest BCUT2D eigenvalue weighted by Crippen LogP contribution is -2.21. The number of carbonyl (C=O) groups excluding carboxylic acids is 1. The molecule has 0 heterocycles. The Morgan fingerprint density at radius 2 is 2.00 bits per heavy atom. The van der Waals surface area contributed by atoms with Crippen LogP contribution in [0.5, 0.6) is 0 Å². The Morgan fingerprint density at radius 1 is 1.22 bits per heavy atom. The minimum Gasteiger partial charge on any atom is -0.462 e. The molecule has 1 atom stereocenters. The van der Waals surface area contributed by atoms with Crippen molar-refractivity contribution in [2.24, 2.45) is 0 Å². The van der Waals surface area contributed by atoms with Crippen LogP contribution in [0.15, 0.2) is 60.7 Å². The molecule has 1 aliphatic rings. The Balaban J connectivity index is 0.00000192. The van der Waals surface area contributed by atoms with Gasteiger partial charge in [0.1, 0.15) is 0 Å². The number of ether oxygens (including phenoxy) is 1. The maximum atomic E-state index is 12.4. The molecule has 0 saturated heterocycles. The lowest BCUT2D eigenvalue weighted by Gasteiger charge is -2.28. The van der Waals surface area contributed by atoms with E-state index in [1.54, 1.807) is 0 Å². The summed E-state index contributed by atoms with van der Waals surface area (Å²) < 4.78 is 5.04. The van der Waals surface area contributed by atoms with Gasteiger partial charge >= 0.3 is 5.97 Å². The van der Waals surface area contributed by atoms with Gasteiger partial charge in [0.15, 0.2) is 0 Å². The number of allylic oxidation sites excluding steroid dienone is 4. The van der Waals surface area contributed by atoms with Crippen molar-refractivity contribution < 1.29 is 9.53 Å². The summed E-state index contributed by atoms with van der Waals surface area (Å²) >= 11 is 2.45. The average Bonchev–Trinajstić information content (AvgIpc) is 2.54. The summed E-state index contributed by atoms with van der Waals surface area (Å²) in [5.41, 5.74) is 1.71. The molecular weight excluding hydrogens is 423 g/mol. The van der Waals surface area contributed by atoms with Crippen LogP contribution in [0, 0.1) is 0 Å². The first-order chi connectivity index (χ1) is 10.7. The van der Waals surface area contributed by atoms with Crippen molar-refractivity contribution in [2.75, 3.05) is 6.61 Å². The van der Waals surface area contributed by atoms with Crippen molar-refractivity contribution in [2.45, 2.75) is 16.8 Å². The van der Waals surface area contributed by atoms with Crippen LogP contribution in [0.25, 0.3) is 10.8 Å². The van der Waals surface area contributed by atoms with E-state index in [9.17, 15) is 4.79 Å². The highest BCUT2D eigenvalue weighted by molar-refractivity contribution is 14.1. The van der Waals surface area contributed by atoms with Gasteiger partial charge < -0.3 is 4.74 Å². The summed E-state index contributed by atoms with van der Waals surface area (Å²) in [4.78, 5) is 12.4. The lowest BCUT2D eigenvalue weighted by atomic mass is 9.85. The lowest BCUT2D eigenvalue weighted by molar-refractivity contribution is 0.0525. The third-order valence-corrected chi connectivity index (χ3v) is 5.20. The van der Waals surface area contributed by atoms with Crippen molar-refractivity contribution in [1.29, 1.82) is 0 Å². The molecule has 4 heteroatoms. The molecule has 3 rings (SSSR count). The molecule has 23 heavy (non-hydrogen) atoms. The molecule has 0 saturated carbocycles. The molecule has 0 spiro atoms. The largest absolute Gasteiger partial charge is 0.462 e. The van der Waals surface area contributed by atoms with Gasteiger partial charge in [0.05, 0.1) is 15.6 Å². The number of alkyl halides is 1. The van der Waals surface area contributed by atoms with E-state index >= 15 is 0 Å². The highest BCUT2D eigenvalue weighted by Gasteiger charge is 2.32. The number of fused-ring (bicyclic) bond motifs is 1. The second kappa shape index (κ2) is 7.49. The topological polar surface area (TPSA) is 26.3 Å². The molecule has 2 aromatic carbocycles. The Kier molecular flexibility index (Phi) is 5.87. The molecule has 0 aromatic heterocycles. The second-order valence-electron chi connectivity index (χ2n) is 5.28. The number of rotatable bonds is 3. The average molecular weight is 441 g/mol. The molecule has 120 valence electrons. The number of hydrogen-bond acceptors (Lipinski definition) is 2. The number of hydrogen-bond donors (Lipinski definition) is 0. The van der Waals surface area contributed by atoms with E-state index < -0.39 is 0 Å². The van der Waals surface area contributed by atoms with Crippen LogP contribution in [0.3, 0.4) is 0 Å². The summed E-state index contributed by atoms with van der Waals surface area (Å²) in [5.74, 6) is -0.248. The Morgan fingerprint density at radius 3 is 2.70 bits per heavy atom. The molecule has 0 N–H and O–H groups in total. The van der Waals surface area contributed by atoms with Gasteiger partial charge in [-0.25, -0.2) is 4.79 Å². The Labute approximate surface area is 156 Å². The fourth-order valence-electron chi connectivity index (χ4n) is 2.88. The van der Waals surface area contributed by atoms with E-state index in [0.717, 1.165) is 22.8 Å². The van der Waals surface area contributed by atoms with Crippen molar-refractivity contribution in [3.63, 3.8) is 0 Å². The molecule has 1 unspecified atom stereocenters. The van der Waals surface area contributed by atoms with Crippen molar-refractivity contribution in [3.05, 3.63) is 71.8 Å². The minimum atomic E-state index is -0.248. The van der Waals surface area contributed by atoms with Gasteiger partial charge in [0.25, 0.3) is 0 Å². The molecule has 2 nitrogen and oxygen atoms in total. The third-order valence-electron chi connectivity index (χ3n) is 3.86. The van der Waals surface area contributed by atoms with Gasteiger partial charge in [-0.3, -0.25) is 0 Å². The number of carbonyl (C=O) groups is 1. The first-order valence-corrected chi connectivity index (χ1v) is 8.46. The first kappa shape index (κ1) is 18.0. The van der Waals surface area contributed by atoms with Crippen molar-refractivity contribution in [3.8, 4) is 0 Å².